The molecule has 0 unspecified atom stereocenters. The van der Waals surface area contributed by atoms with Crippen LogP contribution in [0, 0.1) is 11.3 Å². The van der Waals surface area contributed by atoms with Gasteiger partial charge in [0.15, 0.2) is 10.8 Å². The maximum Gasteiger partial charge on any atom is 0.573 e. The minimum atomic E-state index is -5.05. The number of nitrogens with two attached hydrogens (primary N) is 2. The smallest absolute Gasteiger partial charge is 0.402 e. The zero-order valence-corrected chi connectivity index (χ0v) is 9.21. The van der Waals surface area contributed by atoms with Crippen molar-refractivity contribution in [3.05, 3.63) is 11.8 Å². The molecular formula is C7H5F3N4O3S. The molecule has 1 rings (SSSR count). The molecule has 0 bridgehead atoms. The van der Waals surface area contributed by atoms with Gasteiger partial charge in [0.05, 0.1) is 11.9 Å². The average molecular weight is 282 g/mol. The molecule has 11 heteroatoms. The van der Waals surface area contributed by atoms with Crippen LogP contribution in [-0.2, 0) is 10.0 Å². The summed E-state index contributed by atoms with van der Waals surface area (Å²) in [6, 6.07) is 1.30. The Morgan fingerprint density at radius 2 is 2.00 bits per heavy atom. The zero-order valence-electron chi connectivity index (χ0n) is 8.39. The highest BCUT2D eigenvalue weighted by Crippen LogP contribution is 2.31. The SMILES string of the molecule is N#Cc1c(S(N)(=O)=O)ncc(OC(F)(F)F)c1N. The number of sulfonamides is 1. The molecule has 0 aliphatic heterocycles. The number of rotatable bonds is 2. The lowest BCUT2D eigenvalue weighted by atomic mass is 10.2. The van der Waals surface area contributed by atoms with Crippen LogP contribution < -0.4 is 15.6 Å². The molecule has 0 aliphatic rings. The fourth-order valence-electron chi connectivity index (χ4n) is 1.02. The molecule has 0 saturated heterocycles. The van der Waals surface area contributed by atoms with E-state index in [2.05, 4.69) is 9.72 Å². The molecule has 0 spiro atoms. The number of primary sulfonamides is 1. The Labute approximate surface area is 98.8 Å². The number of anilines is 1. The monoisotopic (exact) mass is 282 g/mol. The second kappa shape index (κ2) is 4.31. The molecule has 0 radical (unpaired) electrons. The fraction of sp³-hybridized carbons (Fsp3) is 0.143. The highest BCUT2D eigenvalue weighted by Gasteiger charge is 2.33. The van der Waals surface area contributed by atoms with Crippen molar-refractivity contribution in [1.82, 2.24) is 4.98 Å². The molecular weight excluding hydrogens is 277 g/mol. The molecule has 18 heavy (non-hydrogen) atoms. The van der Waals surface area contributed by atoms with Gasteiger partial charge in [-0.1, -0.05) is 0 Å². The van der Waals surface area contributed by atoms with Crippen LogP contribution in [0.2, 0.25) is 0 Å². The van der Waals surface area contributed by atoms with Crippen LogP contribution in [0.15, 0.2) is 11.2 Å². The number of nitrogen functional groups attached to an aromatic ring is 1. The lowest BCUT2D eigenvalue weighted by Gasteiger charge is -2.12. The van der Waals surface area contributed by atoms with E-state index < -0.39 is 38.4 Å². The van der Waals surface area contributed by atoms with E-state index >= 15 is 0 Å². The summed E-state index contributed by atoms with van der Waals surface area (Å²) in [6.45, 7) is 0. The third-order valence-corrected chi connectivity index (χ3v) is 2.50. The largest absolute Gasteiger partial charge is 0.573 e. The summed E-state index contributed by atoms with van der Waals surface area (Å²) in [5, 5.41) is 12.5. The average Bonchev–Trinajstić information content (AvgIpc) is 2.17. The highest BCUT2D eigenvalue weighted by atomic mass is 32.2. The van der Waals surface area contributed by atoms with E-state index in [-0.39, 0.29) is 0 Å². The Balaban J connectivity index is 3.45. The summed E-state index contributed by atoms with van der Waals surface area (Å²) in [5.41, 5.74) is 3.57. The van der Waals surface area contributed by atoms with E-state index in [9.17, 15) is 21.6 Å². The molecule has 1 heterocycles. The van der Waals surface area contributed by atoms with Crippen LogP contribution in [0.25, 0.3) is 0 Å². The lowest BCUT2D eigenvalue weighted by molar-refractivity contribution is -0.274. The second-order valence-electron chi connectivity index (χ2n) is 2.92. The van der Waals surface area contributed by atoms with Gasteiger partial charge in [0.25, 0.3) is 10.0 Å². The first-order chi connectivity index (χ1) is 8.06. The highest BCUT2D eigenvalue weighted by molar-refractivity contribution is 7.89. The molecule has 0 saturated carbocycles. The molecule has 4 N–H and O–H groups in total. The van der Waals surface area contributed by atoms with Gasteiger partial charge in [0, 0.05) is 0 Å². The third kappa shape index (κ3) is 2.99. The molecule has 1 aromatic heterocycles. The van der Waals surface area contributed by atoms with Crippen molar-refractivity contribution in [2.24, 2.45) is 5.14 Å². The topological polar surface area (TPSA) is 132 Å². The fourth-order valence-corrected chi connectivity index (χ4v) is 1.66. The van der Waals surface area contributed by atoms with Crippen molar-refractivity contribution in [1.29, 1.82) is 5.26 Å². The van der Waals surface area contributed by atoms with Crippen LogP contribution in [-0.4, -0.2) is 19.8 Å². The maximum absolute atomic E-state index is 12.0. The van der Waals surface area contributed by atoms with Crippen LogP contribution in [0.4, 0.5) is 18.9 Å². The van der Waals surface area contributed by atoms with E-state index in [1.54, 1.807) is 0 Å². The van der Waals surface area contributed by atoms with Crippen LogP contribution in [0.5, 0.6) is 5.75 Å². The number of hydrogen-bond acceptors (Lipinski definition) is 6. The van der Waals surface area contributed by atoms with Crippen molar-refractivity contribution in [2.75, 3.05) is 5.73 Å². The van der Waals surface area contributed by atoms with Crippen molar-refractivity contribution >= 4 is 15.7 Å². The quantitative estimate of drug-likeness (QED) is 0.789. The van der Waals surface area contributed by atoms with Gasteiger partial charge < -0.3 is 10.5 Å². The van der Waals surface area contributed by atoms with Crippen molar-refractivity contribution < 1.29 is 26.3 Å². The van der Waals surface area contributed by atoms with Gasteiger partial charge in [-0.15, -0.1) is 13.2 Å². The molecule has 1 aromatic rings. The predicted octanol–water partition coefficient (Wildman–Crippen LogP) is 0.0815. The number of hydrogen-bond donors (Lipinski definition) is 2. The number of pyridine rings is 1. The van der Waals surface area contributed by atoms with Gasteiger partial charge in [-0.25, -0.2) is 18.5 Å². The summed E-state index contributed by atoms with van der Waals surface area (Å²) < 4.78 is 61.4. The third-order valence-electron chi connectivity index (χ3n) is 1.65. The Morgan fingerprint density at radius 3 is 2.39 bits per heavy atom. The predicted molar refractivity (Wildman–Crippen MR) is 51.4 cm³/mol. The van der Waals surface area contributed by atoms with Gasteiger partial charge in [0.1, 0.15) is 11.6 Å². The van der Waals surface area contributed by atoms with Gasteiger partial charge in [0.2, 0.25) is 0 Å². The van der Waals surface area contributed by atoms with Crippen molar-refractivity contribution in [3.63, 3.8) is 0 Å². The van der Waals surface area contributed by atoms with Crippen molar-refractivity contribution in [2.45, 2.75) is 11.4 Å². The van der Waals surface area contributed by atoms with E-state index in [1.165, 1.54) is 6.07 Å². The summed E-state index contributed by atoms with van der Waals surface area (Å²) in [6.07, 6.45) is -4.63. The number of nitrogens with zero attached hydrogens (tertiary/aromatic N) is 2. The standard InChI is InChI=1S/C7H5F3N4O3S/c8-7(9,10)17-4-2-14-6(18(13,15)16)3(1-11)5(4)12/h2H,(H2,12,14)(H2,13,15,16). The van der Waals surface area contributed by atoms with Crippen LogP contribution in [0.1, 0.15) is 5.56 Å². The van der Waals surface area contributed by atoms with E-state index in [1.807, 2.05) is 0 Å². The second-order valence-corrected chi connectivity index (χ2v) is 4.40. The number of alkyl halides is 3. The van der Waals surface area contributed by atoms with E-state index in [4.69, 9.17) is 16.1 Å². The number of halogens is 3. The first kappa shape index (κ1) is 14.0. The van der Waals surface area contributed by atoms with Gasteiger partial charge in [-0.3, -0.25) is 0 Å². The van der Waals surface area contributed by atoms with E-state index in [0.717, 1.165) is 0 Å². The molecule has 0 amide bonds. The summed E-state index contributed by atoms with van der Waals surface area (Å²) in [5.74, 6) is -0.980. The van der Waals surface area contributed by atoms with Gasteiger partial charge in [-0.2, -0.15) is 5.26 Å². The first-order valence-electron chi connectivity index (χ1n) is 4.03. The normalized spacial score (nSPS) is 11.9. The zero-order chi connectivity index (χ0) is 14.1. The molecule has 7 nitrogen and oxygen atoms in total. The molecule has 0 fully saturated rings. The van der Waals surface area contributed by atoms with Crippen LogP contribution >= 0.6 is 0 Å². The minimum Gasteiger partial charge on any atom is -0.402 e. The number of nitriles is 1. The van der Waals surface area contributed by atoms with Crippen LogP contribution in [0.3, 0.4) is 0 Å². The molecule has 0 aromatic carbocycles. The Kier molecular flexibility index (Phi) is 3.36. The van der Waals surface area contributed by atoms with Gasteiger partial charge >= 0.3 is 6.36 Å². The molecule has 98 valence electrons. The summed E-state index contributed by atoms with van der Waals surface area (Å²) in [7, 11) is -4.38. The van der Waals surface area contributed by atoms with Crippen molar-refractivity contribution in [3.8, 4) is 11.8 Å². The number of aromatic nitrogens is 1. The molecule has 0 atom stereocenters. The number of ether oxygens (including phenoxy) is 1. The van der Waals surface area contributed by atoms with Gasteiger partial charge in [-0.05, 0) is 0 Å². The lowest BCUT2D eigenvalue weighted by Crippen LogP contribution is -2.21. The Morgan fingerprint density at radius 1 is 1.44 bits per heavy atom. The Hall–Kier alpha value is -2.06. The maximum atomic E-state index is 12.0. The first-order valence-corrected chi connectivity index (χ1v) is 5.58. The Bertz CT molecular complexity index is 620. The summed E-state index contributed by atoms with van der Waals surface area (Å²) in [4.78, 5) is 3.13. The molecule has 0 aliphatic carbocycles. The van der Waals surface area contributed by atoms with E-state index in [0.29, 0.717) is 6.20 Å². The minimum absolute atomic E-state index is 0.420. The summed E-state index contributed by atoms with van der Waals surface area (Å²) >= 11 is 0.